The molecule has 2 aromatic carbocycles. The molecule has 1 aliphatic heterocycles. The lowest BCUT2D eigenvalue weighted by atomic mass is 10.2. The van der Waals surface area contributed by atoms with Crippen molar-refractivity contribution in [3.63, 3.8) is 0 Å². The number of rotatable bonds is 4. The minimum Gasteiger partial charge on any atom is -0.393 e. The number of para-hydroxylation sites is 1. The topological polar surface area (TPSA) is 67.1 Å². The third-order valence-electron chi connectivity index (χ3n) is 4.38. The van der Waals surface area contributed by atoms with E-state index in [1.807, 2.05) is 30.3 Å². The van der Waals surface area contributed by atoms with Crippen LogP contribution in [0.2, 0.25) is 5.02 Å². The number of nitrogens with two attached hydrogens (primary N) is 1. The number of anilines is 4. The van der Waals surface area contributed by atoms with Crippen molar-refractivity contribution in [1.29, 1.82) is 0 Å². The first-order valence-corrected chi connectivity index (χ1v) is 8.54. The largest absolute Gasteiger partial charge is 0.393 e. The van der Waals surface area contributed by atoms with Crippen LogP contribution in [0.15, 0.2) is 54.9 Å². The highest BCUT2D eigenvalue weighted by Gasteiger charge is 2.23. The van der Waals surface area contributed by atoms with Gasteiger partial charge in [0.2, 0.25) is 0 Å². The lowest BCUT2D eigenvalue weighted by molar-refractivity contribution is 0.964. The van der Waals surface area contributed by atoms with Gasteiger partial charge in [0, 0.05) is 23.8 Å². The summed E-state index contributed by atoms with van der Waals surface area (Å²) in [5.74, 6) is 1.39. The number of hydrogen-bond donors (Lipinski definition) is 2. The van der Waals surface area contributed by atoms with Crippen LogP contribution in [0.4, 0.5) is 23.0 Å². The summed E-state index contributed by atoms with van der Waals surface area (Å²) in [6, 6.07) is 16.0. The Labute approximate surface area is 151 Å². The Kier molecular flexibility index (Phi) is 4.15. The molecule has 1 aliphatic rings. The molecule has 0 amide bonds. The molecule has 5 nitrogen and oxygen atoms in total. The summed E-state index contributed by atoms with van der Waals surface area (Å²) in [5, 5.41) is 4.01. The summed E-state index contributed by atoms with van der Waals surface area (Å²) < 4.78 is 0. The molecular weight excluding hydrogens is 334 g/mol. The minimum absolute atomic E-state index is 0.563. The van der Waals surface area contributed by atoms with E-state index in [0.717, 1.165) is 35.1 Å². The molecule has 0 saturated heterocycles. The number of benzene rings is 2. The highest BCUT2D eigenvalue weighted by Crippen LogP contribution is 2.37. The zero-order chi connectivity index (χ0) is 17.2. The summed E-state index contributed by atoms with van der Waals surface area (Å²) >= 11 is 5.92. The van der Waals surface area contributed by atoms with Crippen LogP contribution in [-0.4, -0.2) is 16.5 Å². The summed E-state index contributed by atoms with van der Waals surface area (Å²) in [6.07, 6.45) is 2.55. The normalized spacial score (nSPS) is 12.9. The van der Waals surface area contributed by atoms with E-state index in [2.05, 4.69) is 38.4 Å². The van der Waals surface area contributed by atoms with Crippen LogP contribution in [0.3, 0.4) is 0 Å². The van der Waals surface area contributed by atoms with Crippen LogP contribution < -0.4 is 16.0 Å². The quantitative estimate of drug-likeness (QED) is 0.743. The van der Waals surface area contributed by atoms with Gasteiger partial charge in [-0.05, 0) is 35.7 Å². The Balaban J connectivity index is 1.57. The summed E-state index contributed by atoms with van der Waals surface area (Å²) in [6.45, 7) is 1.49. The Hall–Kier alpha value is -2.79. The lowest BCUT2D eigenvalue weighted by Crippen LogP contribution is -2.18. The van der Waals surface area contributed by atoms with Crippen molar-refractivity contribution in [2.24, 2.45) is 0 Å². The van der Waals surface area contributed by atoms with Gasteiger partial charge in [0.05, 0.1) is 0 Å². The Bertz CT molecular complexity index is 895. The molecule has 3 aromatic rings. The van der Waals surface area contributed by atoms with Gasteiger partial charge in [-0.2, -0.15) is 0 Å². The van der Waals surface area contributed by atoms with Gasteiger partial charge in [-0.15, -0.1) is 0 Å². The molecule has 3 N–H and O–H groups in total. The maximum atomic E-state index is 6.36. The molecule has 1 aromatic heterocycles. The SMILES string of the molecule is Nc1c(NCc2ccc(Cl)cc2)ncnc1N1CCc2ccccc21. The number of aromatic nitrogens is 2. The number of nitrogens with one attached hydrogen (secondary N) is 1. The van der Waals surface area contributed by atoms with E-state index in [0.29, 0.717) is 18.1 Å². The number of hydrogen-bond acceptors (Lipinski definition) is 5. The van der Waals surface area contributed by atoms with Crippen LogP contribution in [0.1, 0.15) is 11.1 Å². The van der Waals surface area contributed by atoms with E-state index < -0.39 is 0 Å². The smallest absolute Gasteiger partial charge is 0.161 e. The lowest BCUT2D eigenvalue weighted by Gasteiger charge is -2.21. The van der Waals surface area contributed by atoms with E-state index in [4.69, 9.17) is 17.3 Å². The average molecular weight is 352 g/mol. The van der Waals surface area contributed by atoms with Crippen molar-refractivity contribution in [1.82, 2.24) is 9.97 Å². The highest BCUT2D eigenvalue weighted by molar-refractivity contribution is 6.30. The first-order chi connectivity index (χ1) is 12.2. The first kappa shape index (κ1) is 15.7. The van der Waals surface area contributed by atoms with Gasteiger partial charge < -0.3 is 16.0 Å². The number of nitrogens with zero attached hydrogens (tertiary/aromatic N) is 3. The molecule has 2 heterocycles. The molecule has 0 atom stereocenters. The molecule has 0 saturated carbocycles. The second kappa shape index (κ2) is 6.61. The minimum atomic E-state index is 0.563. The van der Waals surface area contributed by atoms with E-state index in [1.54, 1.807) is 6.33 Å². The van der Waals surface area contributed by atoms with E-state index in [9.17, 15) is 0 Å². The van der Waals surface area contributed by atoms with Crippen molar-refractivity contribution in [3.05, 3.63) is 71.0 Å². The average Bonchev–Trinajstić information content (AvgIpc) is 3.06. The van der Waals surface area contributed by atoms with Gasteiger partial charge in [0.25, 0.3) is 0 Å². The fourth-order valence-electron chi connectivity index (χ4n) is 3.09. The third-order valence-corrected chi connectivity index (χ3v) is 4.63. The zero-order valence-corrected chi connectivity index (χ0v) is 14.4. The standard InChI is InChI=1S/C19H18ClN5/c20-15-7-5-13(6-8-15)11-22-18-17(21)19(24-12-23-18)25-10-9-14-3-1-2-4-16(14)25/h1-8,12H,9-11,21H2,(H,22,23,24). The summed E-state index contributed by atoms with van der Waals surface area (Å²) in [4.78, 5) is 10.9. The zero-order valence-electron chi connectivity index (χ0n) is 13.6. The number of fused-ring (bicyclic) bond motifs is 1. The maximum Gasteiger partial charge on any atom is 0.161 e. The molecular formula is C19H18ClN5. The van der Waals surface area contributed by atoms with Gasteiger partial charge in [0.1, 0.15) is 12.0 Å². The fourth-order valence-corrected chi connectivity index (χ4v) is 3.21. The van der Waals surface area contributed by atoms with Crippen LogP contribution in [0.5, 0.6) is 0 Å². The van der Waals surface area contributed by atoms with Crippen LogP contribution in [-0.2, 0) is 13.0 Å². The second-order valence-corrected chi connectivity index (χ2v) is 6.41. The molecule has 0 aliphatic carbocycles. The Morgan fingerprint density at radius 3 is 2.72 bits per heavy atom. The van der Waals surface area contributed by atoms with E-state index in [-0.39, 0.29) is 0 Å². The van der Waals surface area contributed by atoms with Crippen LogP contribution >= 0.6 is 11.6 Å². The fraction of sp³-hybridized carbons (Fsp3) is 0.158. The molecule has 0 unspecified atom stereocenters. The summed E-state index contributed by atoms with van der Waals surface area (Å²) in [5.41, 5.74) is 10.5. The third kappa shape index (κ3) is 3.10. The van der Waals surface area contributed by atoms with Crippen molar-refractivity contribution >= 4 is 34.6 Å². The number of halogens is 1. The molecule has 0 spiro atoms. The molecule has 6 heteroatoms. The number of nitrogen functional groups attached to an aromatic ring is 1. The van der Waals surface area contributed by atoms with Crippen molar-refractivity contribution in [2.75, 3.05) is 22.5 Å². The van der Waals surface area contributed by atoms with Crippen molar-refractivity contribution in [3.8, 4) is 0 Å². The molecule has 0 fully saturated rings. The van der Waals surface area contributed by atoms with Crippen molar-refractivity contribution < 1.29 is 0 Å². The molecule has 126 valence electrons. The Morgan fingerprint density at radius 2 is 1.88 bits per heavy atom. The monoisotopic (exact) mass is 351 g/mol. The Morgan fingerprint density at radius 1 is 1.08 bits per heavy atom. The molecule has 25 heavy (non-hydrogen) atoms. The highest BCUT2D eigenvalue weighted by atomic mass is 35.5. The molecule has 0 bridgehead atoms. The van der Waals surface area contributed by atoms with E-state index >= 15 is 0 Å². The van der Waals surface area contributed by atoms with Gasteiger partial charge in [-0.25, -0.2) is 9.97 Å². The summed E-state index contributed by atoms with van der Waals surface area (Å²) in [7, 11) is 0. The van der Waals surface area contributed by atoms with E-state index in [1.165, 1.54) is 5.56 Å². The van der Waals surface area contributed by atoms with Crippen LogP contribution in [0.25, 0.3) is 0 Å². The predicted molar refractivity (Wildman–Crippen MR) is 102 cm³/mol. The van der Waals surface area contributed by atoms with Gasteiger partial charge in [-0.1, -0.05) is 41.9 Å². The van der Waals surface area contributed by atoms with Gasteiger partial charge >= 0.3 is 0 Å². The predicted octanol–water partition coefficient (Wildman–Crippen LogP) is 4.02. The molecule has 0 radical (unpaired) electrons. The van der Waals surface area contributed by atoms with Gasteiger partial charge in [0.15, 0.2) is 11.6 Å². The maximum absolute atomic E-state index is 6.36. The second-order valence-electron chi connectivity index (χ2n) is 5.97. The van der Waals surface area contributed by atoms with Gasteiger partial charge in [-0.3, -0.25) is 0 Å². The first-order valence-electron chi connectivity index (χ1n) is 8.16. The molecule has 4 rings (SSSR count). The van der Waals surface area contributed by atoms with Crippen LogP contribution in [0, 0.1) is 0 Å². The van der Waals surface area contributed by atoms with Crippen molar-refractivity contribution in [2.45, 2.75) is 13.0 Å².